The Hall–Kier alpha value is -1.71. The van der Waals surface area contributed by atoms with Gasteiger partial charge in [0.05, 0.1) is 23.0 Å². The van der Waals surface area contributed by atoms with Crippen LogP contribution in [0.3, 0.4) is 0 Å². The Labute approximate surface area is 95.8 Å². The smallest absolute Gasteiger partial charge is 0.338 e. The molecule has 0 radical (unpaired) electrons. The molecule has 0 heterocycles. The summed E-state index contributed by atoms with van der Waals surface area (Å²) in [4.78, 5) is 11.6. The Morgan fingerprint density at radius 3 is 2.69 bits per heavy atom. The Kier molecular flexibility index (Phi) is 4.17. The topological polar surface area (TPSA) is 64.3 Å². The molecule has 1 rings (SSSR count). The van der Waals surface area contributed by atoms with Crippen molar-refractivity contribution in [1.82, 2.24) is 0 Å². The van der Waals surface area contributed by atoms with Gasteiger partial charge in [0.1, 0.15) is 0 Å². The Bertz CT molecular complexity index is 375. The summed E-state index contributed by atoms with van der Waals surface area (Å²) in [6, 6.07) is 5.12. The van der Waals surface area contributed by atoms with E-state index in [4.69, 9.17) is 10.5 Å². The first kappa shape index (κ1) is 12.4. The third-order valence-corrected chi connectivity index (χ3v) is 2.00. The zero-order valence-electron chi connectivity index (χ0n) is 9.91. The normalized spacial score (nSPS) is 10.2. The van der Waals surface area contributed by atoms with E-state index in [1.54, 1.807) is 18.2 Å². The van der Waals surface area contributed by atoms with Crippen molar-refractivity contribution in [3.8, 4) is 0 Å². The number of hydrogen-bond donors (Lipinski definition) is 2. The fourth-order valence-electron chi connectivity index (χ4n) is 1.32. The van der Waals surface area contributed by atoms with Crippen molar-refractivity contribution in [3.05, 3.63) is 23.8 Å². The molecule has 0 amide bonds. The molecule has 16 heavy (non-hydrogen) atoms. The predicted molar refractivity (Wildman–Crippen MR) is 65.6 cm³/mol. The highest BCUT2D eigenvalue weighted by molar-refractivity contribution is 5.92. The second-order valence-corrected chi connectivity index (χ2v) is 3.79. The lowest BCUT2D eigenvalue weighted by Gasteiger charge is -2.10. The van der Waals surface area contributed by atoms with Crippen LogP contribution < -0.4 is 11.1 Å². The second-order valence-electron chi connectivity index (χ2n) is 3.79. The number of esters is 1. The highest BCUT2D eigenvalue weighted by Gasteiger charge is 2.10. The lowest BCUT2D eigenvalue weighted by molar-refractivity contribution is 0.0378. The average molecular weight is 222 g/mol. The molecular weight excluding hydrogens is 204 g/mol. The highest BCUT2D eigenvalue weighted by atomic mass is 16.5. The number of nitrogen functional groups attached to an aromatic ring is 1. The molecule has 3 N–H and O–H groups in total. The van der Waals surface area contributed by atoms with E-state index in [-0.39, 0.29) is 12.1 Å². The second kappa shape index (κ2) is 5.39. The maximum absolute atomic E-state index is 11.6. The van der Waals surface area contributed by atoms with Crippen LogP contribution in [-0.2, 0) is 4.74 Å². The molecule has 0 aromatic heterocycles. The van der Waals surface area contributed by atoms with Gasteiger partial charge in [-0.25, -0.2) is 4.79 Å². The van der Waals surface area contributed by atoms with Gasteiger partial charge in [-0.3, -0.25) is 0 Å². The van der Waals surface area contributed by atoms with Gasteiger partial charge in [-0.05, 0) is 39.0 Å². The van der Waals surface area contributed by atoms with Gasteiger partial charge in [0.2, 0.25) is 0 Å². The minimum atomic E-state index is -0.343. The number of hydrogen-bond acceptors (Lipinski definition) is 4. The fourth-order valence-corrected chi connectivity index (χ4v) is 1.32. The van der Waals surface area contributed by atoms with Crippen molar-refractivity contribution in [1.29, 1.82) is 0 Å². The lowest BCUT2D eigenvalue weighted by atomic mass is 10.1. The van der Waals surface area contributed by atoms with E-state index in [2.05, 4.69) is 5.32 Å². The summed E-state index contributed by atoms with van der Waals surface area (Å²) in [6.45, 7) is 6.41. The number of benzene rings is 1. The summed E-state index contributed by atoms with van der Waals surface area (Å²) in [7, 11) is 0. The molecule has 0 saturated heterocycles. The van der Waals surface area contributed by atoms with Gasteiger partial charge < -0.3 is 15.8 Å². The van der Waals surface area contributed by atoms with Crippen molar-refractivity contribution < 1.29 is 9.53 Å². The van der Waals surface area contributed by atoms with E-state index in [9.17, 15) is 4.79 Å². The van der Waals surface area contributed by atoms with E-state index >= 15 is 0 Å². The van der Waals surface area contributed by atoms with Crippen LogP contribution in [0.4, 0.5) is 11.4 Å². The number of carbonyl (C=O) groups excluding carboxylic acids is 1. The predicted octanol–water partition coefficient (Wildman–Crippen LogP) is 2.27. The standard InChI is InChI=1S/C12H18N2O2/c1-4-14-11-6-5-9(7-10(11)13)12(15)16-8(2)3/h5-8,14H,4,13H2,1-3H3. The Morgan fingerprint density at radius 2 is 2.19 bits per heavy atom. The van der Waals surface area contributed by atoms with Crippen LogP contribution in [-0.4, -0.2) is 18.6 Å². The first-order chi connectivity index (χ1) is 7.54. The van der Waals surface area contributed by atoms with Gasteiger partial charge in [0, 0.05) is 6.54 Å². The molecule has 0 aliphatic heterocycles. The molecule has 1 aromatic rings. The average Bonchev–Trinajstić information content (AvgIpc) is 2.20. The Morgan fingerprint density at radius 1 is 1.50 bits per heavy atom. The maximum atomic E-state index is 11.6. The monoisotopic (exact) mass is 222 g/mol. The van der Waals surface area contributed by atoms with Crippen molar-refractivity contribution in [2.75, 3.05) is 17.6 Å². The van der Waals surface area contributed by atoms with Gasteiger partial charge in [-0.2, -0.15) is 0 Å². The molecule has 0 aliphatic rings. The maximum Gasteiger partial charge on any atom is 0.338 e. The number of anilines is 2. The van der Waals surface area contributed by atoms with Crippen LogP contribution in [0, 0.1) is 0 Å². The van der Waals surface area contributed by atoms with Crippen LogP contribution >= 0.6 is 0 Å². The van der Waals surface area contributed by atoms with E-state index in [1.165, 1.54) is 0 Å². The van der Waals surface area contributed by atoms with Gasteiger partial charge in [0.15, 0.2) is 0 Å². The molecule has 0 saturated carbocycles. The van der Waals surface area contributed by atoms with Crippen LogP contribution in [0.1, 0.15) is 31.1 Å². The molecule has 4 nitrogen and oxygen atoms in total. The molecule has 0 fully saturated rings. The minimum Gasteiger partial charge on any atom is -0.459 e. The number of ether oxygens (including phenoxy) is 1. The van der Waals surface area contributed by atoms with E-state index in [0.717, 1.165) is 12.2 Å². The quantitative estimate of drug-likeness (QED) is 0.606. The molecule has 0 bridgehead atoms. The van der Waals surface area contributed by atoms with E-state index in [1.807, 2.05) is 20.8 Å². The third kappa shape index (κ3) is 3.15. The fraction of sp³-hybridized carbons (Fsp3) is 0.417. The molecule has 0 atom stereocenters. The number of carbonyl (C=O) groups is 1. The van der Waals surface area contributed by atoms with Gasteiger partial charge in [0.25, 0.3) is 0 Å². The molecule has 0 unspecified atom stereocenters. The first-order valence-electron chi connectivity index (χ1n) is 5.39. The van der Waals surface area contributed by atoms with Crippen LogP contribution in [0.2, 0.25) is 0 Å². The van der Waals surface area contributed by atoms with Crippen molar-refractivity contribution >= 4 is 17.3 Å². The number of rotatable bonds is 4. The zero-order valence-corrected chi connectivity index (χ0v) is 9.91. The molecular formula is C12H18N2O2. The zero-order chi connectivity index (χ0) is 12.1. The largest absolute Gasteiger partial charge is 0.459 e. The number of nitrogens with two attached hydrogens (primary N) is 1. The van der Waals surface area contributed by atoms with Crippen molar-refractivity contribution in [2.24, 2.45) is 0 Å². The van der Waals surface area contributed by atoms with Crippen molar-refractivity contribution in [2.45, 2.75) is 26.9 Å². The molecule has 1 aromatic carbocycles. The van der Waals surface area contributed by atoms with Crippen LogP contribution in [0.5, 0.6) is 0 Å². The Balaban J connectivity index is 2.84. The van der Waals surface area contributed by atoms with Gasteiger partial charge >= 0.3 is 5.97 Å². The minimum absolute atomic E-state index is 0.123. The first-order valence-corrected chi connectivity index (χ1v) is 5.39. The summed E-state index contributed by atoms with van der Waals surface area (Å²) >= 11 is 0. The SMILES string of the molecule is CCNc1ccc(C(=O)OC(C)C)cc1N. The van der Waals surface area contributed by atoms with Crippen LogP contribution in [0.25, 0.3) is 0 Å². The van der Waals surface area contributed by atoms with Crippen LogP contribution in [0.15, 0.2) is 18.2 Å². The highest BCUT2D eigenvalue weighted by Crippen LogP contribution is 2.20. The summed E-state index contributed by atoms with van der Waals surface area (Å²) in [6.07, 6.45) is -0.123. The summed E-state index contributed by atoms with van der Waals surface area (Å²) < 4.78 is 5.08. The molecule has 0 spiro atoms. The third-order valence-electron chi connectivity index (χ3n) is 2.00. The number of nitrogens with one attached hydrogen (secondary N) is 1. The lowest BCUT2D eigenvalue weighted by Crippen LogP contribution is -2.12. The molecule has 0 aliphatic carbocycles. The van der Waals surface area contributed by atoms with E-state index in [0.29, 0.717) is 11.3 Å². The summed E-state index contributed by atoms with van der Waals surface area (Å²) in [5.41, 5.74) is 7.68. The summed E-state index contributed by atoms with van der Waals surface area (Å²) in [5, 5.41) is 3.11. The summed E-state index contributed by atoms with van der Waals surface area (Å²) in [5.74, 6) is -0.343. The molecule has 88 valence electrons. The van der Waals surface area contributed by atoms with Gasteiger partial charge in [-0.1, -0.05) is 0 Å². The van der Waals surface area contributed by atoms with Gasteiger partial charge in [-0.15, -0.1) is 0 Å². The van der Waals surface area contributed by atoms with E-state index < -0.39 is 0 Å². The molecule has 4 heteroatoms. The van der Waals surface area contributed by atoms with Crippen molar-refractivity contribution in [3.63, 3.8) is 0 Å².